The minimum absolute atomic E-state index is 0.0980. The summed E-state index contributed by atoms with van der Waals surface area (Å²) in [5.41, 5.74) is 2.60. The van der Waals surface area contributed by atoms with E-state index in [1.165, 1.54) is 0 Å². The van der Waals surface area contributed by atoms with E-state index in [1.54, 1.807) is 12.4 Å². The number of nitrogens with zero attached hydrogens (tertiary/aromatic N) is 4. The van der Waals surface area contributed by atoms with Gasteiger partial charge in [0.25, 0.3) is 5.91 Å². The second-order valence-corrected chi connectivity index (χ2v) is 5.79. The van der Waals surface area contributed by atoms with Crippen molar-refractivity contribution in [2.45, 2.75) is 6.42 Å². The van der Waals surface area contributed by atoms with Gasteiger partial charge in [-0.3, -0.25) is 14.9 Å². The molecule has 2 N–H and O–H groups in total. The predicted molar refractivity (Wildman–Crippen MR) is 96.4 cm³/mol. The van der Waals surface area contributed by atoms with E-state index in [0.717, 1.165) is 17.1 Å². The largest absolute Gasteiger partial charge is 0.378 e. The smallest absolute Gasteiger partial charge is 0.251 e. The molecule has 0 bridgehead atoms. The Morgan fingerprint density at radius 3 is 2.52 bits per heavy atom. The number of nitrogens with one attached hydrogen (secondary N) is 2. The molecule has 0 saturated carbocycles. The lowest BCUT2D eigenvalue weighted by atomic mass is 10.2. The van der Waals surface area contributed by atoms with E-state index in [4.69, 9.17) is 0 Å². The minimum Gasteiger partial charge on any atom is -0.378 e. The molecule has 128 valence electrons. The average Bonchev–Trinajstić information content (AvgIpc) is 3.11. The quantitative estimate of drug-likeness (QED) is 0.718. The molecule has 2 heterocycles. The Balaban J connectivity index is 1.53. The molecule has 0 fully saturated rings. The van der Waals surface area contributed by atoms with Crippen LogP contribution in [0.25, 0.3) is 11.4 Å². The first kappa shape index (κ1) is 16.6. The predicted octanol–water partition coefficient (Wildman–Crippen LogP) is 1.91. The molecule has 0 unspecified atom stereocenters. The SMILES string of the molecule is CN(C)c1ccc(C(=O)NCCc2nc(-c3ccncc3)n[nH]2)cc1. The van der Waals surface area contributed by atoms with Crippen molar-refractivity contribution in [3.05, 3.63) is 60.2 Å². The molecule has 2 aromatic heterocycles. The van der Waals surface area contributed by atoms with Crippen LogP contribution in [0.4, 0.5) is 5.69 Å². The van der Waals surface area contributed by atoms with E-state index in [2.05, 4.69) is 25.5 Å². The molecule has 0 aliphatic heterocycles. The van der Waals surface area contributed by atoms with Crippen LogP contribution in [0.1, 0.15) is 16.2 Å². The maximum absolute atomic E-state index is 12.2. The van der Waals surface area contributed by atoms with Crippen molar-refractivity contribution in [3.8, 4) is 11.4 Å². The molecule has 0 saturated heterocycles. The van der Waals surface area contributed by atoms with Gasteiger partial charge in [-0.2, -0.15) is 5.10 Å². The number of hydrogen-bond donors (Lipinski definition) is 2. The Morgan fingerprint density at radius 2 is 1.84 bits per heavy atom. The molecule has 7 nitrogen and oxygen atoms in total. The summed E-state index contributed by atoms with van der Waals surface area (Å²) in [7, 11) is 3.93. The number of carbonyl (C=O) groups excluding carboxylic acids is 1. The molecule has 0 radical (unpaired) electrons. The van der Waals surface area contributed by atoms with Crippen LogP contribution in [-0.2, 0) is 6.42 Å². The van der Waals surface area contributed by atoms with Crippen LogP contribution >= 0.6 is 0 Å². The minimum atomic E-state index is -0.0980. The van der Waals surface area contributed by atoms with Gasteiger partial charge in [-0.05, 0) is 36.4 Å². The lowest BCUT2D eigenvalue weighted by Gasteiger charge is -2.12. The van der Waals surface area contributed by atoms with E-state index in [-0.39, 0.29) is 5.91 Å². The van der Waals surface area contributed by atoms with Crippen LogP contribution in [-0.4, -0.2) is 46.7 Å². The van der Waals surface area contributed by atoms with Crippen molar-refractivity contribution in [2.24, 2.45) is 0 Å². The first-order valence-electron chi connectivity index (χ1n) is 8.01. The third kappa shape index (κ3) is 4.20. The van der Waals surface area contributed by atoms with E-state index >= 15 is 0 Å². The van der Waals surface area contributed by atoms with Crippen molar-refractivity contribution >= 4 is 11.6 Å². The van der Waals surface area contributed by atoms with Gasteiger partial charge in [0.15, 0.2) is 5.82 Å². The summed E-state index contributed by atoms with van der Waals surface area (Å²) in [6.45, 7) is 0.485. The molecule has 1 aromatic carbocycles. The van der Waals surface area contributed by atoms with Gasteiger partial charge < -0.3 is 10.2 Å². The van der Waals surface area contributed by atoms with Gasteiger partial charge in [0.05, 0.1) is 0 Å². The lowest BCUT2D eigenvalue weighted by molar-refractivity contribution is 0.0954. The molecule has 0 aliphatic rings. The fourth-order valence-electron chi connectivity index (χ4n) is 2.34. The van der Waals surface area contributed by atoms with Crippen LogP contribution in [0.3, 0.4) is 0 Å². The van der Waals surface area contributed by atoms with E-state index in [1.807, 2.05) is 55.4 Å². The third-order valence-corrected chi connectivity index (χ3v) is 3.76. The maximum Gasteiger partial charge on any atom is 0.251 e. The van der Waals surface area contributed by atoms with Gasteiger partial charge in [0.1, 0.15) is 5.82 Å². The number of hydrogen-bond acceptors (Lipinski definition) is 5. The maximum atomic E-state index is 12.2. The highest BCUT2D eigenvalue weighted by atomic mass is 16.1. The summed E-state index contributed by atoms with van der Waals surface area (Å²) < 4.78 is 0. The van der Waals surface area contributed by atoms with Crippen molar-refractivity contribution in [3.63, 3.8) is 0 Å². The summed E-state index contributed by atoms with van der Waals surface area (Å²) in [4.78, 5) is 22.6. The lowest BCUT2D eigenvalue weighted by Crippen LogP contribution is -2.26. The van der Waals surface area contributed by atoms with E-state index in [0.29, 0.717) is 24.4 Å². The van der Waals surface area contributed by atoms with Gasteiger partial charge in [0.2, 0.25) is 0 Å². The van der Waals surface area contributed by atoms with Gasteiger partial charge in [0, 0.05) is 56.3 Å². The summed E-state index contributed by atoms with van der Waals surface area (Å²) in [6.07, 6.45) is 3.99. The van der Waals surface area contributed by atoms with Crippen molar-refractivity contribution in [1.29, 1.82) is 0 Å². The van der Waals surface area contributed by atoms with Gasteiger partial charge in [-0.15, -0.1) is 0 Å². The second-order valence-electron chi connectivity index (χ2n) is 5.79. The van der Waals surface area contributed by atoms with E-state index < -0.39 is 0 Å². The van der Waals surface area contributed by atoms with Crippen molar-refractivity contribution < 1.29 is 4.79 Å². The molecule has 0 spiro atoms. The van der Waals surface area contributed by atoms with Crippen LogP contribution in [0.2, 0.25) is 0 Å². The van der Waals surface area contributed by atoms with Crippen molar-refractivity contribution in [2.75, 3.05) is 25.5 Å². The highest BCUT2D eigenvalue weighted by Gasteiger charge is 2.08. The Kier molecular flexibility index (Phi) is 5.03. The average molecular weight is 336 g/mol. The zero-order chi connectivity index (χ0) is 17.6. The number of amides is 1. The Hall–Kier alpha value is -3.22. The highest BCUT2D eigenvalue weighted by Crippen LogP contribution is 2.13. The number of aromatic nitrogens is 4. The van der Waals surface area contributed by atoms with Gasteiger partial charge in [-0.25, -0.2) is 4.98 Å². The molecular formula is C18H20N6O. The van der Waals surface area contributed by atoms with Crippen LogP contribution < -0.4 is 10.2 Å². The molecule has 0 atom stereocenters. The number of pyridine rings is 1. The molecule has 0 aliphatic carbocycles. The summed E-state index contributed by atoms with van der Waals surface area (Å²) in [6, 6.07) is 11.2. The summed E-state index contributed by atoms with van der Waals surface area (Å²) in [5, 5.41) is 9.98. The number of benzene rings is 1. The molecule has 1 amide bonds. The number of anilines is 1. The highest BCUT2D eigenvalue weighted by molar-refractivity contribution is 5.94. The Bertz CT molecular complexity index is 826. The molecule has 3 aromatic rings. The molecular weight excluding hydrogens is 316 g/mol. The van der Waals surface area contributed by atoms with Crippen molar-refractivity contribution in [1.82, 2.24) is 25.5 Å². The normalized spacial score (nSPS) is 10.5. The molecule has 3 rings (SSSR count). The van der Waals surface area contributed by atoms with Crippen LogP contribution in [0, 0.1) is 0 Å². The fraction of sp³-hybridized carbons (Fsp3) is 0.222. The van der Waals surface area contributed by atoms with Crippen LogP contribution in [0.15, 0.2) is 48.8 Å². The molecule has 7 heteroatoms. The Labute approximate surface area is 146 Å². The number of carbonyl (C=O) groups is 1. The Morgan fingerprint density at radius 1 is 1.12 bits per heavy atom. The number of rotatable bonds is 6. The molecule has 25 heavy (non-hydrogen) atoms. The third-order valence-electron chi connectivity index (χ3n) is 3.76. The topological polar surface area (TPSA) is 86.8 Å². The zero-order valence-electron chi connectivity index (χ0n) is 14.2. The van der Waals surface area contributed by atoms with Gasteiger partial charge in [-0.1, -0.05) is 0 Å². The monoisotopic (exact) mass is 336 g/mol. The summed E-state index contributed by atoms with van der Waals surface area (Å²) in [5.74, 6) is 1.26. The zero-order valence-corrected chi connectivity index (χ0v) is 14.2. The first-order valence-corrected chi connectivity index (χ1v) is 8.01. The van der Waals surface area contributed by atoms with E-state index in [9.17, 15) is 4.79 Å². The first-order chi connectivity index (χ1) is 12.1. The van der Waals surface area contributed by atoms with Crippen LogP contribution in [0.5, 0.6) is 0 Å². The standard InChI is InChI=1S/C18H20N6O/c1-24(2)15-5-3-14(4-6-15)18(25)20-12-9-16-21-17(23-22-16)13-7-10-19-11-8-13/h3-8,10-11H,9,12H2,1-2H3,(H,20,25)(H,21,22,23). The number of H-pyrrole nitrogens is 1. The van der Waals surface area contributed by atoms with Gasteiger partial charge >= 0.3 is 0 Å². The fourth-order valence-corrected chi connectivity index (χ4v) is 2.34. The summed E-state index contributed by atoms with van der Waals surface area (Å²) >= 11 is 0. The second kappa shape index (κ2) is 7.57. The number of aromatic amines is 1.